The van der Waals surface area contributed by atoms with E-state index in [1.165, 1.54) is 37.3 Å². The van der Waals surface area contributed by atoms with Crippen LogP contribution in [0.2, 0.25) is 0 Å². The summed E-state index contributed by atoms with van der Waals surface area (Å²) in [6.45, 7) is 10.4. The molecule has 0 unspecified atom stereocenters. The number of nitrogens with zero attached hydrogens (tertiary/aromatic N) is 2. The molecule has 1 saturated heterocycles. The molecule has 0 aliphatic carbocycles. The molecule has 3 rings (SSSR count). The van der Waals surface area contributed by atoms with Crippen molar-refractivity contribution in [2.75, 3.05) is 32.7 Å². The summed E-state index contributed by atoms with van der Waals surface area (Å²) in [6, 6.07) is 22.6. The van der Waals surface area contributed by atoms with E-state index in [4.69, 9.17) is 0 Å². The van der Waals surface area contributed by atoms with Crippen molar-refractivity contribution in [3.63, 3.8) is 0 Å². The maximum atomic E-state index is 2.63. The Hall–Kier alpha value is -1.64. The summed E-state index contributed by atoms with van der Waals surface area (Å²) in [4.78, 5) is 5.21. The van der Waals surface area contributed by atoms with Gasteiger partial charge in [-0.3, -0.25) is 9.80 Å². The summed E-state index contributed by atoms with van der Waals surface area (Å²) in [5, 5.41) is 0. The van der Waals surface area contributed by atoms with Crippen molar-refractivity contribution >= 4 is 0 Å². The SMILES string of the molecule is CC(C)N1CCN(CC(c2ccccc2)c2ccccc2)CC1. The molecule has 1 fully saturated rings. The molecule has 0 atom stereocenters. The first kappa shape index (κ1) is 16.2. The normalized spacial score (nSPS) is 17.0. The van der Waals surface area contributed by atoms with E-state index in [2.05, 4.69) is 84.3 Å². The van der Waals surface area contributed by atoms with Gasteiger partial charge in [-0.2, -0.15) is 0 Å². The molecule has 1 aliphatic rings. The summed E-state index contributed by atoms with van der Waals surface area (Å²) >= 11 is 0. The van der Waals surface area contributed by atoms with E-state index >= 15 is 0 Å². The highest BCUT2D eigenvalue weighted by Crippen LogP contribution is 2.26. The Morgan fingerprint density at radius 3 is 1.65 bits per heavy atom. The van der Waals surface area contributed by atoms with Gasteiger partial charge in [0, 0.05) is 44.7 Å². The van der Waals surface area contributed by atoms with Crippen molar-refractivity contribution in [2.45, 2.75) is 25.8 Å². The monoisotopic (exact) mass is 308 g/mol. The van der Waals surface area contributed by atoms with Gasteiger partial charge in [-0.15, -0.1) is 0 Å². The van der Waals surface area contributed by atoms with Crippen LogP contribution in [0, 0.1) is 0 Å². The highest BCUT2D eigenvalue weighted by Gasteiger charge is 2.23. The smallest absolute Gasteiger partial charge is 0.0217 e. The van der Waals surface area contributed by atoms with Gasteiger partial charge in [0.15, 0.2) is 0 Å². The largest absolute Gasteiger partial charge is 0.300 e. The van der Waals surface area contributed by atoms with Crippen LogP contribution < -0.4 is 0 Å². The van der Waals surface area contributed by atoms with Gasteiger partial charge in [0.1, 0.15) is 0 Å². The fraction of sp³-hybridized carbons (Fsp3) is 0.429. The van der Waals surface area contributed by atoms with Crippen LogP contribution in [-0.2, 0) is 0 Å². The molecule has 0 aromatic heterocycles. The van der Waals surface area contributed by atoms with E-state index in [9.17, 15) is 0 Å². The lowest BCUT2D eigenvalue weighted by atomic mass is 9.90. The lowest BCUT2D eigenvalue weighted by Crippen LogP contribution is -2.49. The molecular formula is C21H28N2. The molecule has 122 valence electrons. The number of benzene rings is 2. The third-order valence-electron chi connectivity index (χ3n) is 4.98. The van der Waals surface area contributed by atoms with Gasteiger partial charge in [-0.1, -0.05) is 60.7 Å². The van der Waals surface area contributed by atoms with Crippen LogP contribution in [-0.4, -0.2) is 48.6 Å². The summed E-state index contributed by atoms with van der Waals surface area (Å²) in [6.07, 6.45) is 0. The van der Waals surface area contributed by atoms with Crippen molar-refractivity contribution in [3.8, 4) is 0 Å². The topological polar surface area (TPSA) is 6.48 Å². The minimum Gasteiger partial charge on any atom is -0.300 e. The van der Waals surface area contributed by atoms with Crippen molar-refractivity contribution in [3.05, 3.63) is 71.8 Å². The Bertz CT molecular complexity index is 532. The molecule has 0 amide bonds. The Labute approximate surface area is 140 Å². The van der Waals surface area contributed by atoms with Gasteiger partial charge >= 0.3 is 0 Å². The fourth-order valence-corrected chi connectivity index (χ4v) is 3.49. The van der Waals surface area contributed by atoms with Crippen molar-refractivity contribution in [1.29, 1.82) is 0 Å². The molecule has 2 heteroatoms. The lowest BCUT2D eigenvalue weighted by Gasteiger charge is -2.38. The van der Waals surface area contributed by atoms with E-state index in [1.54, 1.807) is 0 Å². The van der Waals surface area contributed by atoms with Gasteiger partial charge in [-0.05, 0) is 25.0 Å². The molecule has 0 N–H and O–H groups in total. The first-order chi connectivity index (χ1) is 11.2. The average molecular weight is 308 g/mol. The molecule has 0 bridgehead atoms. The molecule has 2 aromatic rings. The molecule has 2 aromatic carbocycles. The maximum Gasteiger partial charge on any atom is 0.0217 e. The Kier molecular flexibility index (Phi) is 5.47. The van der Waals surface area contributed by atoms with Gasteiger partial charge in [0.2, 0.25) is 0 Å². The molecule has 1 aliphatic heterocycles. The molecule has 0 spiro atoms. The van der Waals surface area contributed by atoms with Crippen LogP contribution in [0.5, 0.6) is 0 Å². The first-order valence-electron chi connectivity index (χ1n) is 8.80. The van der Waals surface area contributed by atoms with Gasteiger partial charge < -0.3 is 0 Å². The van der Waals surface area contributed by atoms with Gasteiger partial charge in [0.25, 0.3) is 0 Å². The summed E-state index contributed by atoms with van der Waals surface area (Å²) in [5.41, 5.74) is 2.84. The minimum absolute atomic E-state index is 0.461. The van der Waals surface area contributed by atoms with Crippen molar-refractivity contribution in [1.82, 2.24) is 9.80 Å². The highest BCUT2D eigenvalue weighted by atomic mass is 15.3. The Morgan fingerprint density at radius 2 is 1.22 bits per heavy atom. The molecule has 23 heavy (non-hydrogen) atoms. The van der Waals surface area contributed by atoms with Gasteiger partial charge in [-0.25, -0.2) is 0 Å². The zero-order chi connectivity index (χ0) is 16.1. The van der Waals surface area contributed by atoms with E-state index in [1.807, 2.05) is 0 Å². The first-order valence-corrected chi connectivity index (χ1v) is 8.80. The standard InChI is InChI=1S/C21H28N2/c1-18(2)23-15-13-22(14-16-23)17-21(19-9-5-3-6-10-19)20-11-7-4-8-12-20/h3-12,18,21H,13-17H2,1-2H3. The molecule has 1 heterocycles. The second kappa shape index (κ2) is 7.76. The fourth-order valence-electron chi connectivity index (χ4n) is 3.49. The van der Waals surface area contributed by atoms with Crippen LogP contribution in [0.25, 0.3) is 0 Å². The van der Waals surface area contributed by atoms with Crippen LogP contribution >= 0.6 is 0 Å². The number of hydrogen-bond acceptors (Lipinski definition) is 2. The summed E-state index contributed by atoms with van der Waals surface area (Å²) in [5.74, 6) is 0.461. The predicted octanol–water partition coefficient (Wildman–Crippen LogP) is 3.84. The molecule has 0 radical (unpaired) electrons. The second-order valence-electron chi connectivity index (χ2n) is 6.80. The van der Waals surface area contributed by atoms with Gasteiger partial charge in [0.05, 0.1) is 0 Å². The van der Waals surface area contributed by atoms with E-state index in [0.29, 0.717) is 12.0 Å². The number of rotatable bonds is 5. The minimum atomic E-state index is 0.461. The Balaban J connectivity index is 1.73. The zero-order valence-electron chi connectivity index (χ0n) is 14.4. The average Bonchev–Trinajstić information content (AvgIpc) is 2.61. The maximum absolute atomic E-state index is 2.63. The molecular weight excluding hydrogens is 280 g/mol. The third-order valence-corrected chi connectivity index (χ3v) is 4.98. The van der Waals surface area contributed by atoms with Crippen LogP contribution in [0.1, 0.15) is 30.9 Å². The predicted molar refractivity (Wildman–Crippen MR) is 97.9 cm³/mol. The quantitative estimate of drug-likeness (QED) is 0.828. The third kappa shape index (κ3) is 4.21. The lowest BCUT2D eigenvalue weighted by molar-refractivity contribution is 0.106. The van der Waals surface area contributed by atoms with E-state index in [0.717, 1.165) is 6.54 Å². The van der Waals surface area contributed by atoms with E-state index in [-0.39, 0.29) is 0 Å². The molecule has 2 nitrogen and oxygen atoms in total. The number of hydrogen-bond donors (Lipinski definition) is 0. The highest BCUT2D eigenvalue weighted by molar-refractivity contribution is 5.32. The summed E-state index contributed by atoms with van der Waals surface area (Å²) < 4.78 is 0. The van der Waals surface area contributed by atoms with Crippen LogP contribution in [0.3, 0.4) is 0 Å². The Morgan fingerprint density at radius 1 is 0.739 bits per heavy atom. The van der Waals surface area contributed by atoms with E-state index < -0.39 is 0 Å². The second-order valence-corrected chi connectivity index (χ2v) is 6.80. The van der Waals surface area contributed by atoms with Crippen LogP contribution in [0.4, 0.5) is 0 Å². The van der Waals surface area contributed by atoms with Crippen molar-refractivity contribution < 1.29 is 0 Å². The van der Waals surface area contributed by atoms with Crippen LogP contribution in [0.15, 0.2) is 60.7 Å². The summed E-state index contributed by atoms with van der Waals surface area (Å²) in [7, 11) is 0. The molecule has 0 saturated carbocycles. The number of piperazine rings is 1. The van der Waals surface area contributed by atoms with Crippen molar-refractivity contribution in [2.24, 2.45) is 0 Å². The zero-order valence-corrected chi connectivity index (χ0v) is 14.4.